The van der Waals surface area contributed by atoms with Gasteiger partial charge in [-0.05, 0) is 43.0 Å². The monoisotopic (exact) mass is 602 g/mol. The molecule has 11 nitrogen and oxygen atoms in total. The van der Waals surface area contributed by atoms with E-state index in [4.69, 9.17) is 34.0 Å². The van der Waals surface area contributed by atoms with Crippen molar-refractivity contribution in [3.05, 3.63) is 45.2 Å². The largest absolute Gasteiger partial charge is 0.395 e. The summed E-state index contributed by atoms with van der Waals surface area (Å²) < 4.78 is 0. The number of carbonyl (C=O) groups excluding carboxylic acids is 2. The van der Waals surface area contributed by atoms with Gasteiger partial charge in [-0.25, -0.2) is 9.97 Å². The maximum atomic E-state index is 13.3. The van der Waals surface area contributed by atoms with E-state index in [1.165, 1.54) is 0 Å². The quantitative estimate of drug-likeness (QED) is 0.393. The number of nitrogen functional groups attached to an aromatic ring is 1. The summed E-state index contributed by atoms with van der Waals surface area (Å²) >= 11 is 12.6. The molecular weight excluding hydrogens is 567 g/mol. The summed E-state index contributed by atoms with van der Waals surface area (Å²) in [4.78, 5) is 40.8. The van der Waals surface area contributed by atoms with E-state index in [9.17, 15) is 14.9 Å². The van der Waals surface area contributed by atoms with Crippen LogP contribution in [0.5, 0.6) is 0 Å². The van der Waals surface area contributed by atoms with Crippen LogP contribution in [0.1, 0.15) is 59.0 Å². The molecule has 4 rings (SSSR count). The van der Waals surface area contributed by atoms with Crippen molar-refractivity contribution >= 4 is 46.7 Å². The zero-order valence-electron chi connectivity index (χ0n) is 23.2. The number of hydrogen-bond donors (Lipinski definition) is 3. The van der Waals surface area contributed by atoms with Crippen molar-refractivity contribution in [1.29, 1.82) is 5.26 Å². The molecule has 2 aliphatic heterocycles. The molecule has 1 aromatic heterocycles. The molecule has 2 fully saturated rings. The SMILES string of the molecule is CCC[C@H]1CN(c2nc(N)c(C(=O)NCCO)nc2Cl)CCN1C1CCN(C(=O)c2ccc(Cl)cc2CC#N)CC1. The number of nitrogens with one attached hydrogen (secondary N) is 1. The molecule has 41 heavy (non-hydrogen) atoms. The van der Waals surface area contributed by atoms with Crippen molar-refractivity contribution in [2.45, 2.75) is 51.1 Å². The molecule has 2 aromatic rings. The van der Waals surface area contributed by atoms with E-state index in [2.05, 4.69) is 38.1 Å². The molecule has 0 radical (unpaired) electrons. The number of nitriles is 1. The van der Waals surface area contributed by atoms with Crippen LogP contribution in [-0.4, -0.2) is 94.6 Å². The van der Waals surface area contributed by atoms with Gasteiger partial charge in [-0.15, -0.1) is 0 Å². The lowest BCUT2D eigenvalue weighted by Gasteiger charge is -2.48. The average molecular weight is 604 g/mol. The number of hydrogen-bond acceptors (Lipinski definition) is 9. The third kappa shape index (κ3) is 7.19. The first kappa shape index (κ1) is 30.8. The third-order valence-electron chi connectivity index (χ3n) is 7.71. The molecule has 2 amide bonds. The molecule has 3 heterocycles. The van der Waals surface area contributed by atoms with E-state index >= 15 is 0 Å². The van der Waals surface area contributed by atoms with Crippen LogP contribution in [0, 0.1) is 11.3 Å². The zero-order valence-corrected chi connectivity index (χ0v) is 24.7. The number of halogens is 2. The van der Waals surface area contributed by atoms with Crippen LogP contribution >= 0.6 is 23.2 Å². The van der Waals surface area contributed by atoms with E-state index in [0.717, 1.165) is 32.2 Å². The van der Waals surface area contributed by atoms with Crippen LogP contribution in [0.25, 0.3) is 0 Å². The van der Waals surface area contributed by atoms with Crippen molar-refractivity contribution in [3.63, 3.8) is 0 Å². The molecule has 2 aliphatic rings. The van der Waals surface area contributed by atoms with Gasteiger partial charge >= 0.3 is 0 Å². The molecule has 0 aliphatic carbocycles. The van der Waals surface area contributed by atoms with E-state index in [1.807, 2.05) is 4.90 Å². The van der Waals surface area contributed by atoms with Gasteiger partial charge in [-0.1, -0.05) is 36.5 Å². The molecule has 1 atom stereocenters. The second kappa shape index (κ2) is 14.1. The first-order chi connectivity index (χ1) is 19.8. The summed E-state index contributed by atoms with van der Waals surface area (Å²) in [5, 5.41) is 21.3. The van der Waals surface area contributed by atoms with E-state index in [1.54, 1.807) is 18.2 Å². The fourth-order valence-corrected chi connectivity index (χ4v) is 6.19. The Labute approximate surface area is 250 Å². The minimum atomic E-state index is -0.534. The van der Waals surface area contributed by atoms with Crippen molar-refractivity contribution in [3.8, 4) is 6.07 Å². The summed E-state index contributed by atoms with van der Waals surface area (Å²) in [6.45, 7) is 5.49. The Bertz CT molecular complexity index is 1300. The number of piperazine rings is 1. The Morgan fingerprint density at radius 3 is 2.63 bits per heavy atom. The fraction of sp³-hybridized carbons (Fsp3) is 0.536. The van der Waals surface area contributed by atoms with Crippen LogP contribution in [-0.2, 0) is 6.42 Å². The van der Waals surface area contributed by atoms with E-state index < -0.39 is 5.91 Å². The van der Waals surface area contributed by atoms with Crippen LogP contribution in [0.2, 0.25) is 10.2 Å². The third-order valence-corrected chi connectivity index (χ3v) is 8.20. The van der Waals surface area contributed by atoms with Crippen molar-refractivity contribution in [1.82, 2.24) is 25.1 Å². The highest BCUT2D eigenvalue weighted by molar-refractivity contribution is 6.32. The van der Waals surface area contributed by atoms with Crippen LogP contribution in [0.4, 0.5) is 11.6 Å². The highest BCUT2D eigenvalue weighted by Gasteiger charge is 2.36. The first-order valence-electron chi connectivity index (χ1n) is 13.9. The van der Waals surface area contributed by atoms with Gasteiger partial charge in [-0.2, -0.15) is 5.26 Å². The number of nitrogens with zero attached hydrogens (tertiary/aromatic N) is 6. The number of amides is 2. The predicted molar refractivity (Wildman–Crippen MR) is 158 cm³/mol. The molecule has 13 heteroatoms. The minimum Gasteiger partial charge on any atom is -0.395 e. The highest BCUT2D eigenvalue weighted by atomic mass is 35.5. The Morgan fingerprint density at radius 1 is 1.20 bits per heavy atom. The molecule has 4 N–H and O–H groups in total. The van der Waals surface area contributed by atoms with E-state index in [-0.39, 0.29) is 48.2 Å². The van der Waals surface area contributed by atoms with Crippen molar-refractivity contribution in [2.75, 3.05) is 56.5 Å². The molecule has 0 bridgehead atoms. The standard InChI is InChI=1S/C28H36Cl2N8O3/c1-2-3-21-17-37(26-24(30)34-23(25(32)35-26)27(40)33-10-15-39)13-14-38(21)20-7-11-36(12-8-20)28(41)22-5-4-19(29)16-18(22)6-9-31/h4-5,16,20-21,39H,2-3,6-8,10-15,17H2,1H3,(H2,32,35)(H,33,40)/t21-/m0/s1. The number of nitrogens with two attached hydrogens (primary N) is 1. The van der Waals surface area contributed by atoms with Gasteiger partial charge in [0.2, 0.25) is 0 Å². The topological polar surface area (TPSA) is 152 Å². The Kier molecular flexibility index (Phi) is 10.6. The second-order valence-corrected chi connectivity index (χ2v) is 11.1. The smallest absolute Gasteiger partial charge is 0.273 e. The molecule has 220 valence electrons. The lowest BCUT2D eigenvalue weighted by molar-refractivity contribution is 0.0480. The van der Waals surface area contributed by atoms with Gasteiger partial charge < -0.3 is 26.0 Å². The number of carbonyl (C=O) groups is 2. The Balaban J connectivity index is 1.41. The highest BCUT2D eigenvalue weighted by Crippen LogP contribution is 2.30. The molecule has 1 aromatic carbocycles. The van der Waals surface area contributed by atoms with Crippen molar-refractivity contribution in [2.24, 2.45) is 0 Å². The molecular formula is C28H36Cl2N8O3. The maximum absolute atomic E-state index is 13.3. The minimum absolute atomic E-state index is 0.00929. The van der Waals surface area contributed by atoms with Gasteiger partial charge in [-0.3, -0.25) is 14.5 Å². The van der Waals surface area contributed by atoms with Crippen LogP contribution < -0.4 is 16.0 Å². The van der Waals surface area contributed by atoms with Crippen LogP contribution in [0.15, 0.2) is 18.2 Å². The van der Waals surface area contributed by atoms with Gasteiger partial charge in [0.15, 0.2) is 22.5 Å². The molecule has 2 saturated heterocycles. The molecule has 0 unspecified atom stereocenters. The number of aliphatic hydroxyl groups excluding tert-OH is 1. The lowest BCUT2D eigenvalue weighted by Crippen LogP contribution is -2.59. The number of piperidine rings is 1. The number of aliphatic hydroxyl groups is 1. The second-order valence-electron chi connectivity index (χ2n) is 10.3. The lowest BCUT2D eigenvalue weighted by atomic mass is 9.96. The van der Waals surface area contributed by atoms with Gasteiger partial charge in [0.05, 0.1) is 19.1 Å². The summed E-state index contributed by atoms with van der Waals surface area (Å²) in [6.07, 6.45) is 3.85. The normalized spacial score (nSPS) is 18.3. The average Bonchev–Trinajstić information content (AvgIpc) is 2.97. The van der Waals surface area contributed by atoms with Crippen LogP contribution in [0.3, 0.4) is 0 Å². The number of aromatic nitrogens is 2. The van der Waals surface area contributed by atoms with Crippen molar-refractivity contribution < 1.29 is 14.7 Å². The number of benzene rings is 1. The number of likely N-dealkylation sites (tertiary alicyclic amines) is 1. The van der Waals surface area contributed by atoms with E-state index in [0.29, 0.717) is 54.2 Å². The zero-order chi connectivity index (χ0) is 29.5. The molecule has 0 spiro atoms. The molecule has 0 saturated carbocycles. The fourth-order valence-electron chi connectivity index (χ4n) is 5.75. The summed E-state index contributed by atoms with van der Waals surface area (Å²) in [5.41, 5.74) is 7.22. The summed E-state index contributed by atoms with van der Waals surface area (Å²) in [6, 6.07) is 7.83. The van der Waals surface area contributed by atoms with Gasteiger partial charge in [0.25, 0.3) is 11.8 Å². The van der Waals surface area contributed by atoms with Gasteiger partial charge in [0.1, 0.15) is 0 Å². The Hall–Kier alpha value is -3.17. The predicted octanol–water partition coefficient (Wildman–Crippen LogP) is 2.75. The summed E-state index contributed by atoms with van der Waals surface area (Å²) in [5.74, 6) is -0.141. The Morgan fingerprint density at radius 2 is 1.95 bits per heavy atom. The first-order valence-corrected chi connectivity index (χ1v) is 14.7. The number of anilines is 2. The van der Waals surface area contributed by atoms with Gasteiger partial charge in [0, 0.05) is 61.9 Å². The maximum Gasteiger partial charge on any atom is 0.273 e. The summed E-state index contributed by atoms with van der Waals surface area (Å²) in [7, 11) is 0. The number of rotatable bonds is 9.